The molecule has 0 amide bonds. The summed E-state index contributed by atoms with van der Waals surface area (Å²) in [5, 5.41) is 4.20. The normalized spacial score (nSPS) is 20.8. The number of fused-ring (bicyclic) bond motifs is 1. The second kappa shape index (κ2) is 8.21. The maximum atomic E-state index is 7.38. The second-order valence-electron chi connectivity index (χ2n) is 8.34. The van der Waals surface area contributed by atoms with Gasteiger partial charge in [-0.15, -0.1) is 4.95 Å². The summed E-state index contributed by atoms with van der Waals surface area (Å²) < 4.78 is 6.65. The molecule has 5 rings (SSSR count). The Morgan fingerprint density at radius 2 is 1.78 bits per heavy atom. The zero-order chi connectivity index (χ0) is 22.0. The monoisotopic (exact) mass is 418 g/mol. The summed E-state index contributed by atoms with van der Waals surface area (Å²) in [6.45, 7) is 16.4. The van der Waals surface area contributed by atoms with Crippen LogP contribution >= 0.6 is 0 Å². The molecule has 0 saturated carbocycles. The van der Waals surface area contributed by atoms with Crippen molar-refractivity contribution in [2.24, 2.45) is 5.10 Å². The molecule has 2 heterocycles. The highest BCUT2D eigenvalue weighted by atomic mass is 16.5. The average Bonchev–Trinajstić information content (AvgIpc) is 2.84. The summed E-state index contributed by atoms with van der Waals surface area (Å²) in [7, 11) is 0. The first-order valence-electron chi connectivity index (χ1n) is 10.7. The molecule has 2 aliphatic rings. The van der Waals surface area contributed by atoms with Gasteiger partial charge in [0.25, 0.3) is 0 Å². The molecule has 3 aromatic rings. The molecular weight excluding hydrogens is 396 g/mol. The van der Waals surface area contributed by atoms with E-state index in [1.165, 1.54) is 5.69 Å². The first-order chi connectivity index (χ1) is 15.7. The van der Waals surface area contributed by atoms with Gasteiger partial charge in [0, 0.05) is 24.2 Å². The fraction of sp³-hybridized carbons (Fsp3) is 0.222. The van der Waals surface area contributed by atoms with E-state index in [1.54, 1.807) is 6.07 Å². The lowest BCUT2D eigenvalue weighted by molar-refractivity contribution is 0.0546. The SMILES string of the molecule is [C-]#[N+]/N=C1\CC2(CCCN(c3ccccc3)C2)Oc2ccc(-c3cccc([N+]#[C-])c3)cc21. The van der Waals surface area contributed by atoms with Gasteiger partial charge in [0.15, 0.2) is 5.69 Å². The summed E-state index contributed by atoms with van der Waals surface area (Å²) in [4.78, 5) is 9.28. The average molecular weight is 419 g/mol. The first-order valence-corrected chi connectivity index (χ1v) is 10.7. The molecule has 1 spiro atoms. The predicted molar refractivity (Wildman–Crippen MR) is 127 cm³/mol. The fourth-order valence-electron chi connectivity index (χ4n) is 4.78. The number of para-hydroxylation sites is 1. The van der Waals surface area contributed by atoms with Gasteiger partial charge in [-0.05, 0) is 54.3 Å². The molecular formula is C27H22N4O. The number of ether oxygens (including phenoxy) is 1. The maximum Gasteiger partial charge on any atom is 0.187 e. The van der Waals surface area contributed by atoms with E-state index in [0.29, 0.717) is 12.1 Å². The number of piperidine rings is 1. The molecule has 1 saturated heterocycles. The highest BCUT2D eigenvalue weighted by Gasteiger charge is 2.44. The lowest BCUT2D eigenvalue weighted by Gasteiger charge is -2.46. The molecule has 1 atom stereocenters. The zero-order valence-electron chi connectivity index (χ0n) is 17.7. The minimum atomic E-state index is -0.393. The lowest BCUT2D eigenvalue weighted by atomic mass is 9.82. The molecule has 5 heteroatoms. The molecule has 0 N–H and O–H groups in total. The fourth-order valence-corrected chi connectivity index (χ4v) is 4.78. The van der Waals surface area contributed by atoms with E-state index in [1.807, 2.05) is 42.5 Å². The third-order valence-corrected chi connectivity index (χ3v) is 6.25. The summed E-state index contributed by atoms with van der Waals surface area (Å²) in [6, 6.07) is 24.0. The van der Waals surface area contributed by atoms with E-state index in [9.17, 15) is 0 Å². The van der Waals surface area contributed by atoms with Crippen LogP contribution in [0, 0.1) is 13.1 Å². The van der Waals surface area contributed by atoms with Crippen molar-refractivity contribution in [2.75, 3.05) is 18.0 Å². The van der Waals surface area contributed by atoms with Crippen molar-refractivity contribution in [1.82, 2.24) is 0 Å². The Morgan fingerprint density at radius 1 is 0.938 bits per heavy atom. The highest BCUT2D eigenvalue weighted by Crippen LogP contribution is 2.41. The van der Waals surface area contributed by atoms with Crippen LogP contribution in [0.3, 0.4) is 0 Å². The van der Waals surface area contributed by atoms with Gasteiger partial charge in [0.05, 0.1) is 18.2 Å². The number of rotatable bonds is 2. The van der Waals surface area contributed by atoms with Gasteiger partial charge in [-0.1, -0.05) is 42.5 Å². The minimum Gasteiger partial charge on any atom is -0.484 e. The van der Waals surface area contributed by atoms with E-state index in [2.05, 4.69) is 44.1 Å². The molecule has 2 aliphatic heterocycles. The number of hydrogen-bond donors (Lipinski definition) is 0. The molecule has 1 unspecified atom stereocenters. The Balaban J connectivity index is 1.51. The van der Waals surface area contributed by atoms with Crippen molar-refractivity contribution in [2.45, 2.75) is 24.9 Å². The van der Waals surface area contributed by atoms with Gasteiger partial charge >= 0.3 is 0 Å². The number of anilines is 1. The molecule has 156 valence electrons. The molecule has 5 nitrogen and oxygen atoms in total. The summed E-state index contributed by atoms with van der Waals surface area (Å²) in [6.07, 6.45) is 2.57. The lowest BCUT2D eigenvalue weighted by Crippen LogP contribution is -2.54. The summed E-state index contributed by atoms with van der Waals surface area (Å²) in [5.41, 5.74) is 5.01. The van der Waals surface area contributed by atoms with Crippen molar-refractivity contribution < 1.29 is 4.74 Å². The zero-order valence-corrected chi connectivity index (χ0v) is 17.7. The first kappa shape index (κ1) is 19.8. The minimum absolute atomic E-state index is 0.393. The number of benzene rings is 3. The Kier molecular flexibility index (Phi) is 5.09. The summed E-state index contributed by atoms with van der Waals surface area (Å²) >= 11 is 0. The van der Waals surface area contributed by atoms with Crippen LogP contribution in [0.2, 0.25) is 0 Å². The second-order valence-corrected chi connectivity index (χ2v) is 8.34. The third-order valence-electron chi connectivity index (χ3n) is 6.25. The van der Waals surface area contributed by atoms with E-state index in [0.717, 1.165) is 54.1 Å². The van der Waals surface area contributed by atoms with Crippen LogP contribution < -0.4 is 9.64 Å². The van der Waals surface area contributed by atoms with Crippen LogP contribution in [0.4, 0.5) is 11.4 Å². The van der Waals surface area contributed by atoms with E-state index >= 15 is 0 Å². The third kappa shape index (κ3) is 3.70. The molecule has 1 fully saturated rings. The van der Waals surface area contributed by atoms with Crippen LogP contribution in [-0.4, -0.2) is 24.4 Å². The molecule has 32 heavy (non-hydrogen) atoms. The van der Waals surface area contributed by atoms with E-state index in [4.69, 9.17) is 17.9 Å². The van der Waals surface area contributed by atoms with Gasteiger partial charge in [-0.3, -0.25) is 0 Å². The van der Waals surface area contributed by atoms with Crippen molar-refractivity contribution in [3.05, 3.63) is 101 Å². The van der Waals surface area contributed by atoms with Gasteiger partial charge in [0.2, 0.25) is 0 Å². The van der Waals surface area contributed by atoms with Crippen LogP contribution in [0.5, 0.6) is 5.75 Å². The van der Waals surface area contributed by atoms with Crippen molar-refractivity contribution in [3.8, 4) is 16.9 Å². The smallest absolute Gasteiger partial charge is 0.187 e. The van der Waals surface area contributed by atoms with Crippen LogP contribution in [0.25, 0.3) is 20.9 Å². The highest BCUT2D eigenvalue weighted by molar-refractivity contribution is 6.05. The van der Waals surface area contributed by atoms with Gasteiger partial charge in [-0.25, -0.2) is 4.85 Å². The van der Waals surface area contributed by atoms with Gasteiger partial charge in [-0.2, -0.15) is 6.57 Å². The van der Waals surface area contributed by atoms with E-state index in [-0.39, 0.29) is 0 Å². The topological polar surface area (TPSA) is 33.6 Å². The Morgan fingerprint density at radius 3 is 2.59 bits per heavy atom. The Bertz CT molecular complexity index is 1270. The van der Waals surface area contributed by atoms with Gasteiger partial charge in [0.1, 0.15) is 17.1 Å². The molecule has 0 radical (unpaired) electrons. The molecule has 3 aromatic carbocycles. The van der Waals surface area contributed by atoms with Crippen LogP contribution in [-0.2, 0) is 0 Å². The van der Waals surface area contributed by atoms with Gasteiger partial charge < -0.3 is 9.64 Å². The standard InChI is InChI=1S/C27H22N4O/c1-28-22-9-6-8-20(16-22)21-12-13-26-24(17-21)25(30-29-2)18-27(32-26)14-7-15-31(19-27)23-10-4-3-5-11-23/h3-6,8-13,16-17H,7,14-15,18-19H2/b30-25+. The Hall–Kier alpha value is -4.09. The maximum absolute atomic E-state index is 7.38. The molecule has 0 aliphatic carbocycles. The summed E-state index contributed by atoms with van der Waals surface area (Å²) in [5.74, 6) is 0.777. The number of hydrogen-bond acceptors (Lipinski definition) is 3. The molecule has 0 bridgehead atoms. The number of nitrogens with zero attached hydrogens (tertiary/aromatic N) is 4. The predicted octanol–water partition coefficient (Wildman–Crippen LogP) is 6.35. The van der Waals surface area contributed by atoms with Crippen molar-refractivity contribution >= 4 is 17.1 Å². The van der Waals surface area contributed by atoms with Crippen LogP contribution in [0.15, 0.2) is 77.9 Å². The largest absolute Gasteiger partial charge is 0.484 e. The quantitative estimate of drug-likeness (QED) is 0.359. The Labute approximate surface area is 188 Å². The van der Waals surface area contributed by atoms with Crippen LogP contribution in [0.1, 0.15) is 24.8 Å². The van der Waals surface area contributed by atoms with E-state index < -0.39 is 5.60 Å². The molecule has 0 aromatic heterocycles. The van der Waals surface area contributed by atoms with Crippen molar-refractivity contribution in [1.29, 1.82) is 0 Å². The van der Waals surface area contributed by atoms with Crippen molar-refractivity contribution in [3.63, 3.8) is 0 Å².